The van der Waals surface area contributed by atoms with Crippen molar-refractivity contribution in [3.63, 3.8) is 0 Å². The van der Waals surface area contributed by atoms with Crippen LogP contribution in [-0.4, -0.2) is 43.5 Å². The van der Waals surface area contributed by atoms with Crippen LogP contribution in [0, 0.1) is 20.8 Å². The lowest BCUT2D eigenvalue weighted by atomic mass is 10.0. The van der Waals surface area contributed by atoms with Crippen molar-refractivity contribution in [2.24, 2.45) is 0 Å². The zero-order valence-corrected chi connectivity index (χ0v) is 17.2. The van der Waals surface area contributed by atoms with E-state index in [4.69, 9.17) is 0 Å². The fourth-order valence-electron chi connectivity index (χ4n) is 3.30. The van der Waals surface area contributed by atoms with Crippen molar-refractivity contribution in [1.82, 2.24) is 4.90 Å². The molecule has 2 N–H and O–H groups in total. The van der Waals surface area contributed by atoms with Crippen molar-refractivity contribution in [3.05, 3.63) is 58.7 Å². The second kappa shape index (κ2) is 7.93. The van der Waals surface area contributed by atoms with Crippen molar-refractivity contribution < 1.29 is 18.3 Å². The summed E-state index contributed by atoms with van der Waals surface area (Å²) in [5.41, 5.74) is 3.20. The minimum atomic E-state index is -3.83. The smallest absolute Gasteiger partial charge is 0.261 e. The van der Waals surface area contributed by atoms with Gasteiger partial charge in [0.2, 0.25) is 0 Å². The number of amides is 1. The second-order valence-corrected chi connectivity index (χ2v) is 9.05. The maximum atomic E-state index is 13.0. The van der Waals surface area contributed by atoms with Crippen molar-refractivity contribution in [3.8, 4) is 0 Å². The molecule has 0 radical (unpaired) electrons. The van der Waals surface area contributed by atoms with Crippen LogP contribution in [0.3, 0.4) is 0 Å². The highest BCUT2D eigenvalue weighted by Crippen LogP contribution is 2.27. The molecule has 1 amide bonds. The standard InChI is InChI=1S/C21H26N2O4S/c1-14-7-8-18(13-16(14)3)28(26,27)22-20-15(2)5-4-6-19(20)21(25)23-11-9-17(24)10-12-23/h4-8,13,17,22,24H,9-12H2,1-3H3. The van der Waals surface area contributed by atoms with Crippen LogP contribution in [0.25, 0.3) is 0 Å². The van der Waals surface area contributed by atoms with Crippen LogP contribution in [0.15, 0.2) is 41.3 Å². The molecule has 0 spiro atoms. The quantitative estimate of drug-likeness (QED) is 0.823. The minimum absolute atomic E-state index is 0.165. The van der Waals surface area contributed by atoms with Crippen molar-refractivity contribution in [2.45, 2.75) is 44.6 Å². The van der Waals surface area contributed by atoms with Gasteiger partial charge < -0.3 is 10.0 Å². The molecule has 28 heavy (non-hydrogen) atoms. The number of para-hydroxylation sites is 1. The summed E-state index contributed by atoms with van der Waals surface area (Å²) in [6.45, 7) is 6.47. The Kier molecular flexibility index (Phi) is 5.76. The first kappa shape index (κ1) is 20.4. The topological polar surface area (TPSA) is 86.7 Å². The highest BCUT2D eigenvalue weighted by molar-refractivity contribution is 7.92. The van der Waals surface area contributed by atoms with E-state index in [2.05, 4.69) is 4.72 Å². The monoisotopic (exact) mass is 402 g/mol. The number of benzene rings is 2. The van der Waals surface area contributed by atoms with Gasteiger partial charge >= 0.3 is 0 Å². The minimum Gasteiger partial charge on any atom is -0.393 e. The Balaban J connectivity index is 1.94. The molecule has 0 saturated carbocycles. The normalized spacial score (nSPS) is 15.5. The Labute approximate surface area is 166 Å². The van der Waals surface area contributed by atoms with Gasteiger partial charge in [-0.1, -0.05) is 18.2 Å². The number of rotatable bonds is 4. The third-order valence-corrected chi connectivity index (χ3v) is 6.63. The van der Waals surface area contributed by atoms with Crippen LogP contribution in [0.5, 0.6) is 0 Å². The van der Waals surface area contributed by atoms with E-state index in [1.807, 2.05) is 13.8 Å². The molecular formula is C21H26N2O4S. The molecule has 0 bridgehead atoms. The maximum absolute atomic E-state index is 13.0. The molecule has 2 aromatic rings. The van der Waals surface area contributed by atoms with E-state index >= 15 is 0 Å². The average Bonchev–Trinajstić information content (AvgIpc) is 2.65. The van der Waals surface area contributed by atoms with Gasteiger partial charge in [0, 0.05) is 13.1 Å². The zero-order valence-electron chi connectivity index (χ0n) is 16.4. The fourth-order valence-corrected chi connectivity index (χ4v) is 4.53. The summed E-state index contributed by atoms with van der Waals surface area (Å²) in [6, 6.07) is 10.1. The molecule has 1 heterocycles. The van der Waals surface area contributed by atoms with Crippen LogP contribution < -0.4 is 4.72 Å². The predicted octanol–water partition coefficient (Wildman–Crippen LogP) is 3.01. The number of aliphatic hydroxyl groups is 1. The van der Waals surface area contributed by atoms with E-state index in [1.54, 1.807) is 48.2 Å². The number of hydrogen-bond acceptors (Lipinski definition) is 4. The number of nitrogens with one attached hydrogen (secondary N) is 1. The summed E-state index contributed by atoms with van der Waals surface area (Å²) >= 11 is 0. The largest absolute Gasteiger partial charge is 0.393 e. The lowest BCUT2D eigenvalue weighted by molar-refractivity contribution is 0.0547. The van der Waals surface area contributed by atoms with E-state index < -0.39 is 10.0 Å². The lowest BCUT2D eigenvalue weighted by Crippen LogP contribution is -2.40. The van der Waals surface area contributed by atoms with Crippen molar-refractivity contribution in [1.29, 1.82) is 0 Å². The Morgan fingerprint density at radius 2 is 1.71 bits per heavy atom. The fraction of sp³-hybridized carbons (Fsp3) is 0.381. The molecule has 0 aromatic heterocycles. The van der Waals surface area contributed by atoms with Gasteiger partial charge in [0.15, 0.2) is 0 Å². The van der Waals surface area contributed by atoms with E-state index in [-0.39, 0.29) is 16.9 Å². The van der Waals surface area contributed by atoms with Gasteiger partial charge in [-0.25, -0.2) is 8.42 Å². The first-order valence-electron chi connectivity index (χ1n) is 9.36. The Morgan fingerprint density at radius 1 is 1.04 bits per heavy atom. The summed E-state index contributed by atoms with van der Waals surface area (Å²) in [7, 11) is -3.83. The van der Waals surface area contributed by atoms with E-state index in [1.165, 1.54) is 0 Å². The summed E-state index contributed by atoms with van der Waals surface area (Å²) in [6.07, 6.45) is 0.673. The number of anilines is 1. The lowest BCUT2D eigenvalue weighted by Gasteiger charge is -2.30. The molecule has 3 rings (SSSR count). The predicted molar refractivity (Wildman–Crippen MR) is 109 cm³/mol. The molecule has 1 aliphatic heterocycles. The molecule has 150 valence electrons. The van der Waals surface area contributed by atoms with Gasteiger partial charge in [0.1, 0.15) is 0 Å². The van der Waals surface area contributed by atoms with E-state index in [0.717, 1.165) is 11.1 Å². The molecule has 7 heteroatoms. The van der Waals surface area contributed by atoms with Crippen LogP contribution in [-0.2, 0) is 10.0 Å². The number of piperidine rings is 1. The third-order valence-electron chi connectivity index (χ3n) is 5.28. The van der Waals surface area contributed by atoms with E-state index in [9.17, 15) is 18.3 Å². The molecule has 1 saturated heterocycles. The highest BCUT2D eigenvalue weighted by atomic mass is 32.2. The van der Waals surface area contributed by atoms with Crippen LogP contribution in [0.2, 0.25) is 0 Å². The number of nitrogens with zero attached hydrogens (tertiary/aromatic N) is 1. The third kappa shape index (κ3) is 4.20. The van der Waals surface area contributed by atoms with E-state index in [0.29, 0.717) is 42.7 Å². The Hall–Kier alpha value is -2.38. The number of likely N-dealkylation sites (tertiary alicyclic amines) is 1. The summed E-state index contributed by atoms with van der Waals surface area (Å²) in [5, 5.41) is 9.67. The Bertz CT molecular complexity index is 993. The first-order valence-corrected chi connectivity index (χ1v) is 10.8. The summed E-state index contributed by atoms with van der Waals surface area (Å²) in [5.74, 6) is -0.228. The summed E-state index contributed by atoms with van der Waals surface area (Å²) in [4.78, 5) is 14.8. The van der Waals surface area contributed by atoms with Crippen LogP contribution >= 0.6 is 0 Å². The van der Waals surface area contributed by atoms with Gasteiger partial charge in [-0.3, -0.25) is 9.52 Å². The van der Waals surface area contributed by atoms with Gasteiger partial charge in [0.25, 0.3) is 15.9 Å². The molecule has 0 atom stereocenters. The summed E-state index contributed by atoms with van der Waals surface area (Å²) < 4.78 is 28.5. The average molecular weight is 403 g/mol. The molecule has 0 aliphatic carbocycles. The zero-order chi connectivity index (χ0) is 20.5. The number of aryl methyl sites for hydroxylation is 3. The molecule has 1 aliphatic rings. The molecule has 0 unspecified atom stereocenters. The van der Waals surface area contributed by atoms with Crippen molar-refractivity contribution in [2.75, 3.05) is 17.8 Å². The SMILES string of the molecule is Cc1ccc(S(=O)(=O)Nc2c(C)cccc2C(=O)N2CCC(O)CC2)cc1C. The molecule has 6 nitrogen and oxygen atoms in total. The van der Waals surface area contributed by atoms with Gasteiger partial charge in [-0.05, 0) is 68.5 Å². The second-order valence-electron chi connectivity index (χ2n) is 7.37. The number of aliphatic hydroxyl groups excluding tert-OH is 1. The number of sulfonamides is 1. The Morgan fingerprint density at radius 3 is 2.36 bits per heavy atom. The first-order chi connectivity index (χ1) is 13.2. The molecule has 1 fully saturated rings. The number of carbonyl (C=O) groups is 1. The number of carbonyl (C=O) groups excluding carboxylic acids is 1. The molecule has 2 aromatic carbocycles. The van der Waals surface area contributed by atoms with Gasteiger partial charge in [0.05, 0.1) is 22.3 Å². The number of hydrogen-bond donors (Lipinski definition) is 2. The highest BCUT2D eigenvalue weighted by Gasteiger charge is 2.26. The van der Waals surface area contributed by atoms with Crippen molar-refractivity contribution >= 4 is 21.6 Å². The van der Waals surface area contributed by atoms with Crippen LogP contribution in [0.4, 0.5) is 5.69 Å². The molecular weight excluding hydrogens is 376 g/mol. The van der Waals surface area contributed by atoms with Crippen LogP contribution in [0.1, 0.15) is 39.9 Å². The van der Waals surface area contributed by atoms with Gasteiger partial charge in [-0.2, -0.15) is 0 Å². The van der Waals surface area contributed by atoms with Gasteiger partial charge in [-0.15, -0.1) is 0 Å². The maximum Gasteiger partial charge on any atom is 0.261 e.